The zero-order valence-electron chi connectivity index (χ0n) is 10.9. The van der Waals surface area contributed by atoms with E-state index >= 15 is 0 Å². The first kappa shape index (κ1) is 14.9. The van der Waals surface area contributed by atoms with Crippen molar-refractivity contribution in [2.45, 2.75) is 0 Å². The summed E-state index contributed by atoms with van der Waals surface area (Å²) in [5.41, 5.74) is 1.92. The molecule has 0 aliphatic carbocycles. The maximum atomic E-state index is 12.2. The van der Waals surface area contributed by atoms with Gasteiger partial charge in [-0.15, -0.1) is 0 Å². The lowest BCUT2D eigenvalue weighted by atomic mass is 10.2. The number of nitrogens with zero attached hydrogens (tertiary/aromatic N) is 3. The van der Waals surface area contributed by atoms with Crippen LogP contribution in [0.1, 0.15) is 10.4 Å². The number of benzene rings is 1. The van der Waals surface area contributed by atoms with Crippen LogP contribution in [0.5, 0.6) is 0 Å². The number of carbonyl (C=O) groups excluding carboxylic acids is 1. The number of amides is 1. The molecule has 0 aliphatic rings. The summed E-state index contributed by atoms with van der Waals surface area (Å²) in [4.78, 5) is 16.3. The molecule has 3 aromatic rings. The summed E-state index contributed by atoms with van der Waals surface area (Å²) >= 11 is 9.51. The lowest BCUT2D eigenvalue weighted by molar-refractivity contribution is 0.0978. The second-order valence-electron chi connectivity index (χ2n) is 4.24. The molecule has 0 aliphatic heterocycles. The van der Waals surface area contributed by atoms with Gasteiger partial charge in [0.2, 0.25) is 0 Å². The maximum Gasteiger partial charge on any atom is 0.257 e. The molecule has 1 amide bonds. The molecule has 0 saturated heterocycles. The fourth-order valence-electron chi connectivity index (χ4n) is 1.70. The standard InChI is InChI=1S/C13H8BrN5OS2/c14-8-2-4-11(15-6-8)16-13(21)17-12(20)7-1-3-9-10(5-7)19-22-18-9/h1-6H,(H2,15,16,17,20,21). The number of hydrogen-bond acceptors (Lipinski definition) is 6. The number of carbonyl (C=O) groups is 1. The van der Waals surface area contributed by atoms with Gasteiger partial charge in [-0.25, -0.2) is 4.98 Å². The van der Waals surface area contributed by atoms with Crippen molar-refractivity contribution in [1.82, 2.24) is 19.0 Å². The number of halogens is 1. The van der Waals surface area contributed by atoms with Crippen LogP contribution in [0.25, 0.3) is 11.0 Å². The van der Waals surface area contributed by atoms with Gasteiger partial charge in [0.25, 0.3) is 5.91 Å². The average Bonchev–Trinajstić information content (AvgIpc) is 2.97. The summed E-state index contributed by atoms with van der Waals surface area (Å²) < 4.78 is 9.06. The first-order valence-electron chi connectivity index (χ1n) is 6.08. The zero-order valence-corrected chi connectivity index (χ0v) is 14.1. The molecule has 6 nitrogen and oxygen atoms in total. The normalized spacial score (nSPS) is 10.4. The second-order valence-corrected chi connectivity index (χ2v) is 6.09. The predicted octanol–water partition coefficient (Wildman–Crippen LogP) is 2.98. The smallest absolute Gasteiger partial charge is 0.257 e. The van der Waals surface area contributed by atoms with Crippen LogP contribution in [0.3, 0.4) is 0 Å². The van der Waals surface area contributed by atoms with Gasteiger partial charge in [-0.3, -0.25) is 10.1 Å². The Kier molecular flexibility index (Phi) is 4.36. The molecule has 2 aromatic heterocycles. The van der Waals surface area contributed by atoms with Gasteiger partial charge < -0.3 is 5.32 Å². The monoisotopic (exact) mass is 393 g/mol. The van der Waals surface area contributed by atoms with Gasteiger partial charge in [0.1, 0.15) is 16.9 Å². The molecule has 2 N–H and O–H groups in total. The molecule has 0 fully saturated rings. The van der Waals surface area contributed by atoms with E-state index in [1.54, 1.807) is 30.5 Å². The van der Waals surface area contributed by atoms with Gasteiger partial charge in [0, 0.05) is 16.2 Å². The van der Waals surface area contributed by atoms with E-state index in [0.717, 1.165) is 21.7 Å². The van der Waals surface area contributed by atoms with Crippen LogP contribution in [0, 0.1) is 0 Å². The fourth-order valence-corrected chi connectivity index (χ4v) is 2.65. The molecule has 0 bridgehead atoms. The minimum Gasteiger partial charge on any atom is -0.317 e. The number of anilines is 1. The Labute approximate surface area is 143 Å². The number of aromatic nitrogens is 3. The van der Waals surface area contributed by atoms with Crippen molar-refractivity contribution in [2.24, 2.45) is 0 Å². The highest BCUT2D eigenvalue weighted by Crippen LogP contribution is 2.14. The number of hydrogen-bond donors (Lipinski definition) is 2. The Morgan fingerprint density at radius 3 is 2.77 bits per heavy atom. The van der Waals surface area contributed by atoms with Crippen molar-refractivity contribution in [1.29, 1.82) is 0 Å². The van der Waals surface area contributed by atoms with E-state index < -0.39 is 0 Å². The highest BCUT2D eigenvalue weighted by molar-refractivity contribution is 9.10. The molecule has 0 unspecified atom stereocenters. The molecule has 110 valence electrons. The SMILES string of the molecule is O=C(NC(=S)Nc1ccc(Br)cn1)c1ccc2nsnc2c1. The molecule has 0 spiro atoms. The van der Waals surface area contributed by atoms with Crippen molar-refractivity contribution in [2.75, 3.05) is 5.32 Å². The summed E-state index contributed by atoms with van der Waals surface area (Å²) in [5.74, 6) is 0.233. The lowest BCUT2D eigenvalue weighted by Gasteiger charge is -2.08. The van der Waals surface area contributed by atoms with E-state index in [0.29, 0.717) is 16.9 Å². The van der Waals surface area contributed by atoms with Gasteiger partial charge in [-0.05, 0) is 58.5 Å². The Morgan fingerprint density at radius 1 is 1.18 bits per heavy atom. The van der Waals surface area contributed by atoms with Gasteiger partial charge in [-0.2, -0.15) is 8.75 Å². The Bertz CT molecular complexity index is 849. The van der Waals surface area contributed by atoms with Crippen LogP contribution in [0.15, 0.2) is 41.0 Å². The summed E-state index contributed by atoms with van der Waals surface area (Å²) in [6.07, 6.45) is 1.63. The minimum absolute atomic E-state index is 0.177. The summed E-state index contributed by atoms with van der Waals surface area (Å²) in [6, 6.07) is 8.67. The largest absolute Gasteiger partial charge is 0.317 e. The zero-order chi connectivity index (χ0) is 15.5. The molecule has 0 atom stereocenters. The molecule has 2 heterocycles. The molecule has 9 heteroatoms. The number of thiocarbonyl (C=S) groups is 1. The predicted molar refractivity (Wildman–Crippen MR) is 93.0 cm³/mol. The Morgan fingerprint density at radius 2 is 2.00 bits per heavy atom. The third-order valence-electron chi connectivity index (χ3n) is 2.71. The number of fused-ring (bicyclic) bond motifs is 1. The minimum atomic E-state index is -0.315. The summed E-state index contributed by atoms with van der Waals surface area (Å²) in [5, 5.41) is 5.62. The first-order chi connectivity index (χ1) is 10.6. The number of pyridine rings is 1. The van der Waals surface area contributed by atoms with Crippen molar-refractivity contribution in [3.8, 4) is 0 Å². The van der Waals surface area contributed by atoms with E-state index in [2.05, 4.69) is 40.3 Å². The van der Waals surface area contributed by atoms with Crippen LogP contribution in [-0.4, -0.2) is 24.8 Å². The van der Waals surface area contributed by atoms with Crippen LogP contribution < -0.4 is 10.6 Å². The van der Waals surface area contributed by atoms with E-state index in [-0.39, 0.29) is 11.0 Å². The Hall–Kier alpha value is -1.97. The van der Waals surface area contributed by atoms with Gasteiger partial charge >= 0.3 is 0 Å². The van der Waals surface area contributed by atoms with Gasteiger partial charge in [0.15, 0.2) is 5.11 Å². The van der Waals surface area contributed by atoms with Gasteiger partial charge in [0.05, 0.1) is 11.7 Å². The van der Waals surface area contributed by atoms with E-state index in [4.69, 9.17) is 12.2 Å². The third kappa shape index (κ3) is 3.43. The topological polar surface area (TPSA) is 79.8 Å². The third-order valence-corrected chi connectivity index (χ3v) is 3.94. The molecular formula is C13H8BrN5OS2. The van der Waals surface area contributed by atoms with E-state index in [9.17, 15) is 4.79 Å². The van der Waals surface area contributed by atoms with Crippen molar-refractivity contribution in [3.05, 3.63) is 46.6 Å². The average molecular weight is 394 g/mol. The summed E-state index contributed by atoms with van der Waals surface area (Å²) in [6.45, 7) is 0. The highest BCUT2D eigenvalue weighted by atomic mass is 79.9. The van der Waals surface area contributed by atoms with Crippen LogP contribution in [-0.2, 0) is 0 Å². The lowest BCUT2D eigenvalue weighted by Crippen LogP contribution is -2.34. The van der Waals surface area contributed by atoms with Crippen LogP contribution in [0.4, 0.5) is 5.82 Å². The van der Waals surface area contributed by atoms with E-state index in [1.807, 2.05) is 6.07 Å². The second kappa shape index (κ2) is 6.42. The first-order valence-corrected chi connectivity index (χ1v) is 8.01. The molecule has 0 saturated carbocycles. The van der Waals surface area contributed by atoms with Crippen LogP contribution >= 0.6 is 39.9 Å². The fraction of sp³-hybridized carbons (Fsp3) is 0. The quantitative estimate of drug-likeness (QED) is 0.651. The van der Waals surface area contributed by atoms with Crippen molar-refractivity contribution in [3.63, 3.8) is 0 Å². The van der Waals surface area contributed by atoms with Crippen molar-refractivity contribution < 1.29 is 4.79 Å². The van der Waals surface area contributed by atoms with Gasteiger partial charge in [-0.1, -0.05) is 0 Å². The molecular weight excluding hydrogens is 386 g/mol. The molecule has 3 rings (SSSR count). The maximum absolute atomic E-state index is 12.2. The van der Waals surface area contributed by atoms with Crippen LogP contribution in [0.2, 0.25) is 0 Å². The van der Waals surface area contributed by atoms with E-state index in [1.165, 1.54) is 0 Å². The van der Waals surface area contributed by atoms with Crippen molar-refractivity contribution >= 4 is 67.7 Å². The number of nitrogens with one attached hydrogen (secondary N) is 2. The molecule has 0 radical (unpaired) electrons. The Balaban J connectivity index is 1.67. The molecule has 1 aromatic carbocycles. The number of rotatable bonds is 2. The highest BCUT2D eigenvalue weighted by Gasteiger charge is 2.10. The summed E-state index contributed by atoms with van der Waals surface area (Å²) in [7, 11) is 0. The molecule has 22 heavy (non-hydrogen) atoms.